The minimum atomic E-state index is -4.42. The molecule has 3 rings (SSSR count). The lowest BCUT2D eigenvalue weighted by atomic mass is 10.1. The van der Waals surface area contributed by atoms with Crippen LogP contribution in [-0.4, -0.2) is 31.7 Å². The summed E-state index contributed by atoms with van der Waals surface area (Å²) in [6.45, 7) is 0.330. The van der Waals surface area contributed by atoms with Gasteiger partial charge in [-0.15, -0.1) is 0 Å². The van der Waals surface area contributed by atoms with Crippen LogP contribution in [0.3, 0.4) is 0 Å². The second-order valence-corrected chi connectivity index (χ2v) is 8.33. The van der Waals surface area contributed by atoms with Crippen molar-refractivity contribution in [1.82, 2.24) is 5.32 Å². The van der Waals surface area contributed by atoms with Crippen LogP contribution in [0.2, 0.25) is 0 Å². The molecule has 0 aliphatic heterocycles. The van der Waals surface area contributed by atoms with E-state index in [0.717, 1.165) is 12.1 Å². The number of nitrogens with zero attached hydrogens (tertiary/aromatic N) is 1. The second-order valence-electron chi connectivity index (χ2n) is 7.92. The molecule has 3 N–H and O–H groups in total. The van der Waals surface area contributed by atoms with Crippen molar-refractivity contribution in [3.05, 3.63) is 89.2 Å². The Morgan fingerprint density at radius 3 is 2.17 bits per heavy atom. The summed E-state index contributed by atoms with van der Waals surface area (Å²) in [5, 5.41) is 8.87. The summed E-state index contributed by atoms with van der Waals surface area (Å²) in [7, 11) is 3.38. The van der Waals surface area contributed by atoms with Gasteiger partial charge in [-0.1, -0.05) is 12.1 Å². The largest absolute Gasteiger partial charge is 0.416 e. The van der Waals surface area contributed by atoms with Gasteiger partial charge in [0, 0.05) is 37.7 Å². The number of amides is 1. The Labute approximate surface area is 206 Å². The van der Waals surface area contributed by atoms with Gasteiger partial charge in [0.05, 0.1) is 11.1 Å². The fourth-order valence-electron chi connectivity index (χ4n) is 3.22. The van der Waals surface area contributed by atoms with E-state index in [1.54, 1.807) is 55.4 Å². The lowest BCUT2D eigenvalue weighted by molar-refractivity contribution is -0.137. The lowest BCUT2D eigenvalue weighted by Crippen LogP contribution is -2.30. The van der Waals surface area contributed by atoms with Gasteiger partial charge in [-0.05, 0) is 78.8 Å². The molecule has 0 aromatic heterocycles. The summed E-state index contributed by atoms with van der Waals surface area (Å²) in [5.74, 6) is -1.17. The van der Waals surface area contributed by atoms with Crippen LogP contribution in [0.15, 0.2) is 66.7 Å². The Balaban J connectivity index is 1.53. The number of hydrogen-bond donors (Lipinski definition) is 3. The molecule has 5 nitrogen and oxygen atoms in total. The molecular formula is C25H24F4N4OS. The molecule has 0 aliphatic carbocycles. The van der Waals surface area contributed by atoms with E-state index >= 15 is 0 Å². The van der Waals surface area contributed by atoms with Crippen LogP contribution in [0.1, 0.15) is 21.5 Å². The maximum atomic E-state index is 13.7. The van der Waals surface area contributed by atoms with Crippen LogP contribution in [0.5, 0.6) is 0 Å². The number of alkyl halides is 3. The molecule has 0 saturated heterocycles. The fraction of sp³-hybridized carbons (Fsp3) is 0.200. The maximum absolute atomic E-state index is 13.7. The Kier molecular flexibility index (Phi) is 8.29. The van der Waals surface area contributed by atoms with Crippen LogP contribution in [-0.2, 0) is 12.6 Å². The predicted molar refractivity (Wildman–Crippen MR) is 134 cm³/mol. The van der Waals surface area contributed by atoms with E-state index in [2.05, 4.69) is 16.0 Å². The molecule has 0 fully saturated rings. The third-order valence-corrected chi connectivity index (χ3v) is 5.29. The number of anilines is 3. The van der Waals surface area contributed by atoms with Crippen molar-refractivity contribution in [2.75, 3.05) is 36.2 Å². The van der Waals surface area contributed by atoms with E-state index < -0.39 is 23.5 Å². The summed E-state index contributed by atoms with van der Waals surface area (Å²) in [5.41, 5.74) is 1.37. The highest BCUT2D eigenvalue weighted by Crippen LogP contribution is 2.32. The van der Waals surface area contributed by atoms with Gasteiger partial charge in [0.2, 0.25) is 0 Å². The van der Waals surface area contributed by atoms with Gasteiger partial charge in [0.25, 0.3) is 5.91 Å². The number of halogens is 4. The smallest absolute Gasteiger partial charge is 0.378 e. The zero-order valence-electron chi connectivity index (χ0n) is 19.0. The van der Waals surface area contributed by atoms with Crippen molar-refractivity contribution in [3.63, 3.8) is 0 Å². The highest BCUT2D eigenvalue weighted by molar-refractivity contribution is 7.80. The number of hydrogen-bond acceptors (Lipinski definition) is 3. The Hall–Kier alpha value is -3.66. The average molecular weight is 505 g/mol. The molecular weight excluding hydrogens is 480 g/mol. The number of nitrogens with one attached hydrogen (secondary N) is 3. The van der Waals surface area contributed by atoms with Crippen molar-refractivity contribution >= 4 is 40.3 Å². The van der Waals surface area contributed by atoms with Crippen LogP contribution in [0, 0.1) is 5.82 Å². The molecule has 3 aromatic rings. The van der Waals surface area contributed by atoms with E-state index in [1.165, 1.54) is 18.2 Å². The molecule has 1 amide bonds. The molecule has 0 unspecified atom stereocenters. The monoisotopic (exact) mass is 504 g/mol. The molecule has 184 valence electrons. The average Bonchev–Trinajstić information content (AvgIpc) is 2.80. The van der Waals surface area contributed by atoms with Crippen LogP contribution in [0.25, 0.3) is 0 Å². The van der Waals surface area contributed by atoms with Crippen LogP contribution >= 0.6 is 12.2 Å². The Morgan fingerprint density at radius 1 is 0.943 bits per heavy atom. The fourth-order valence-corrected chi connectivity index (χ4v) is 3.44. The van der Waals surface area contributed by atoms with Gasteiger partial charge in [-0.2, -0.15) is 13.2 Å². The molecule has 0 heterocycles. The van der Waals surface area contributed by atoms with E-state index in [1.807, 2.05) is 0 Å². The second kappa shape index (κ2) is 11.2. The molecule has 0 bridgehead atoms. The topological polar surface area (TPSA) is 56.4 Å². The van der Waals surface area contributed by atoms with Gasteiger partial charge in [-0.3, -0.25) is 4.79 Å². The standard InChI is InChI=1S/C25H24F4N4OS/c1-33(2)20-14-16(13-17(15-20)25(27,28)29)11-12-30-24(35)32-19-9-7-18(8-10-19)31-23(34)21-5-3-4-6-22(21)26/h3-10,13-15H,11-12H2,1-2H3,(H,31,34)(H2,30,32,35). The van der Waals surface area contributed by atoms with Gasteiger partial charge in [0.1, 0.15) is 5.82 Å². The number of carbonyl (C=O) groups excluding carboxylic acids is 1. The van der Waals surface area contributed by atoms with E-state index in [-0.39, 0.29) is 5.56 Å². The zero-order valence-corrected chi connectivity index (χ0v) is 19.9. The van der Waals surface area contributed by atoms with Crippen LogP contribution in [0.4, 0.5) is 34.6 Å². The summed E-state index contributed by atoms with van der Waals surface area (Å²) in [6.07, 6.45) is -4.08. The minimum Gasteiger partial charge on any atom is -0.378 e. The first-order valence-corrected chi connectivity index (χ1v) is 11.0. The molecule has 0 saturated carbocycles. The summed E-state index contributed by atoms with van der Waals surface area (Å²) < 4.78 is 53.3. The highest BCUT2D eigenvalue weighted by atomic mass is 32.1. The third-order valence-electron chi connectivity index (χ3n) is 5.04. The Morgan fingerprint density at radius 2 is 1.57 bits per heavy atom. The minimum absolute atomic E-state index is 0.0569. The lowest BCUT2D eigenvalue weighted by Gasteiger charge is -2.18. The number of benzene rings is 3. The molecule has 0 spiro atoms. The summed E-state index contributed by atoms with van der Waals surface area (Å²) in [6, 6.07) is 16.3. The highest BCUT2D eigenvalue weighted by Gasteiger charge is 2.31. The van der Waals surface area contributed by atoms with Gasteiger partial charge in [0.15, 0.2) is 5.11 Å². The Bertz CT molecular complexity index is 1200. The van der Waals surface area contributed by atoms with Crippen molar-refractivity contribution in [3.8, 4) is 0 Å². The number of rotatable bonds is 7. The van der Waals surface area contributed by atoms with Crippen molar-refractivity contribution in [2.45, 2.75) is 12.6 Å². The first-order chi connectivity index (χ1) is 16.5. The van der Waals surface area contributed by atoms with E-state index in [9.17, 15) is 22.4 Å². The molecule has 3 aromatic carbocycles. The zero-order chi connectivity index (χ0) is 25.6. The quantitative estimate of drug-likeness (QED) is 0.285. The van der Waals surface area contributed by atoms with Crippen molar-refractivity contribution in [2.24, 2.45) is 0 Å². The maximum Gasteiger partial charge on any atom is 0.416 e. The first-order valence-electron chi connectivity index (χ1n) is 10.6. The van der Waals surface area contributed by atoms with Gasteiger partial charge in [-0.25, -0.2) is 4.39 Å². The summed E-state index contributed by atoms with van der Waals surface area (Å²) in [4.78, 5) is 13.8. The predicted octanol–water partition coefficient (Wildman–Crippen LogP) is 5.69. The summed E-state index contributed by atoms with van der Waals surface area (Å²) >= 11 is 5.26. The first kappa shape index (κ1) is 26.0. The van der Waals surface area contributed by atoms with Gasteiger partial charge < -0.3 is 20.9 Å². The molecule has 0 atom stereocenters. The molecule has 0 radical (unpaired) electrons. The van der Waals surface area contributed by atoms with Gasteiger partial charge >= 0.3 is 6.18 Å². The number of carbonyl (C=O) groups is 1. The molecule has 0 aliphatic rings. The van der Waals surface area contributed by atoms with Crippen LogP contribution < -0.4 is 20.9 Å². The van der Waals surface area contributed by atoms with E-state index in [4.69, 9.17) is 12.2 Å². The number of thiocarbonyl (C=S) groups is 1. The molecule has 35 heavy (non-hydrogen) atoms. The van der Waals surface area contributed by atoms with Crippen molar-refractivity contribution < 1.29 is 22.4 Å². The van der Waals surface area contributed by atoms with Crippen molar-refractivity contribution in [1.29, 1.82) is 0 Å². The third kappa shape index (κ3) is 7.41. The molecule has 10 heteroatoms. The SMILES string of the molecule is CN(C)c1cc(CCNC(=S)Nc2ccc(NC(=O)c3ccccc3F)cc2)cc(C(F)(F)F)c1. The van der Waals surface area contributed by atoms with E-state index in [0.29, 0.717) is 40.7 Å². The normalized spacial score (nSPS) is 11.0.